The number of aryl methyl sites for hydroxylation is 1. The fourth-order valence-corrected chi connectivity index (χ4v) is 4.37. The van der Waals surface area contributed by atoms with Gasteiger partial charge in [0.05, 0.1) is 17.5 Å². The first-order chi connectivity index (χ1) is 10.5. The minimum Gasteiger partial charge on any atom is -0.207 e. The van der Waals surface area contributed by atoms with Gasteiger partial charge in [0.15, 0.2) is 0 Å². The molecule has 1 saturated carbocycles. The molecule has 0 unspecified atom stereocenters. The molecule has 2 atom stereocenters. The van der Waals surface area contributed by atoms with Gasteiger partial charge in [-0.15, -0.1) is 6.42 Å². The van der Waals surface area contributed by atoms with E-state index < -0.39 is 10.0 Å². The summed E-state index contributed by atoms with van der Waals surface area (Å²) in [6.45, 7) is 1.86. The smallest absolute Gasteiger partial charge is 0.207 e. The van der Waals surface area contributed by atoms with Crippen molar-refractivity contribution in [2.24, 2.45) is 5.11 Å². The molecular weight excluding hydrogens is 300 g/mol. The number of rotatable bonds is 5. The number of hydrogen-bond donors (Lipinski definition) is 0. The number of sulfonamides is 1. The van der Waals surface area contributed by atoms with Gasteiger partial charge < -0.3 is 0 Å². The molecule has 6 nitrogen and oxygen atoms in total. The van der Waals surface area contributed by atoms with Crippen molar-refractivity contribution in [1.29, 1.82) is 0 Å². The van der Waals surface area contributed by atoms with E-state index in [1.807, 2.05) is 6.92 Å². The Kier molecular flexibility index (Phi) is 5.09. The van der Waals surface area contributed by atoms with Gasteiger partial charge in [-0.2, -0.15) is 4.31 Å². The van der Waals surface area contributed by atoms with Crippen molar-refractivity contribution >= 4 is 10.0 Å². The summed E-state index contributed by atoms with van der Waals surface area (Å²) in [6.07, 6.45) is 7.50. The molecule has 2 rings (SSSR count). The van der Waals surface area contributed by atoms with Crippen LogP contribution in [0.1, 0.15) is 24.8 Å². The summed E-state index contributed by atoms with van der Waals surface area (Å²) in [6, 6.07) is 5.91. The summed E-state index contributed by atoms with van der Waals surface area (Å²) >= 11 is 0. The van der Waals surface area contributed by atoms with Crippen LogP contribution >= 0.6 is 0 Å². The Bertz CT molecular complexity index is 715. The van der Waals surface area contributed by atoms with Crippen molar-refractivity contribution in [2.45, 2.75) is 43.2 Å². The van der Waals surface area contributed by atoms with E-state index in [-0.39, 0.29) is 23.5 Å². The van der Waals surface area contributed by atoms with Crippen LogP contribution in [0.3, 0.4) is 0 Å². The third-order valence-electron chi connectivity index (χ3n) is 3.89. The van der Waals surface area contributed by atoms with Gasteiger partial charge in [-0.1, -0.05) is 35.2 Å². The largest absolute Gasteiger partial charge is 0.244 e. The average Bonchev–Trinajstić information content (AvgIpc) is 2.93. The second kappa shape index (κ2) is 6.84. The normalized spacial score (nSPS) is 21.3. The Labute approximate surface area is 130 Å². The van der Waals surface area contributed by atoms with E-state index in [0.29, 0.717) is 12.8 Å². The Morgan fingerprint density at radius 3 is 2.68 bits per heavy atom. The number of azide groups is 1. The van der Waals surface area contributed by atoms with Crippen LogP contribution in [0, 0.1) is 19.3 Å². The molecule has 0 radical (unpaired) electrons. The molecule has 0 aromatic heterocycles. The summed E-state index contributed by atoms with van der Waals surface area (Å²) in [7, 11) is -3.71. The van der Waals surface area contributed by atoms with Crippen LogP contribution in [0.4, 0.5) is 0 Å². The van der Waals surface area contributed by atoms with Gasteiger partial charge in [0, 0.05) is 11.0 Å². The molecule has 1 aliphatic carbocycles. The lowest BCUT2D eigenvalue weighted by Gasteiger charge is -2.29. The van der Waals surface area contributed by atoms with Crippen molar-refractivity contribution in [3.05, 3.63) is 40.3 Å². The fraction of sp³-hybridized carbons (Fsp3) is 0.467. The number of terminal acetylenes is 1. The van der Waals surface area contributed by atoms with Crippen LogP contribution in [-0.2, 0) is 10.0 Å². The fourth-order valence-electron chi connectivity index (χ4n) is 2.77. The highest BCUT2D eigenvalue weighted by atomic mass is 32.2. The minimum atomic E-state index is -3.71. The summed E-state index contributed by atoms with van der Waals surface area (Å²) < 4.78 is 27.0. The van der Waals surface area contributed by atoms with Gasteiger partial charge in [0.25, 0.3) is 0 Å². The number of hydrogen-bond acceptors (Lipinski definition) is 3. The monoisotopic (exact) mass is 318 g/mol. The molecule has 1 aromatic carbocycles. The Balaban J connectivity index is 2.40. The maximum absolute atomic E-state index is 12.9. The minimum absolute atomic E-state index is 0.0294. The predicted octanol–water partition coefficient (Wildman–Crippen LogP) is 2.85. The van der Waals surface area contributed by atoms with Crippen molar-refractivity contribution in [2.75, 3.05) is 6.54 Å². The first kappa shape index (κ1) is 16.4. The topological polar surface area (TPSA) is 86.1 Å². The van der Waals surface area contributed by atoms with Crippen molar-refractivity contribution in [3.8, 4) is 12.3 Å². The van der Waals surface area contributed by atoms with E-state index in [1.54, 1.807) is 24.3 Å². The highest BCUT2D eigenvalue weighted by molar-refractivity contribution is 7.89. The predicted molar refractivity (Wildman–Crippen MR) is 84.5 cm³/mol. The van der Waals surface area contributed by atoms with E-state index in [1.165, 1.54) is 4.31 Å². The highest BCUT2D eigenvalue weighted by Gasteiger charge is 2.38. The Hall–Kier alpha value is -2.00. The molecule has 1 aromatic rings. The maximum atomic E-state index is 12.9. The third-order valence-corrected chi connectivity index (χ3v) is 5.77. The second-order valence-electron chi connectivity index (χ2n) is 5.34. The summed E-state index contributed by atoms with van der Waals surface area (Å²) in [4.78, 5) is 3.04. The van der Waals surface area contributed by atoms with Crippen molar-refractivity contribution in [1.82, 2.24) is 4.31 Å². The lowest BCUT2D eigenvalue weighted by atomic mass is 10.2. The lowest BCUT2D eigenvalue weighted by Crippen LogP contribution is -2.43. The van der Waals surface area contributed by atoms with E-state index in [9.17, 15) is 8.42 Å². The maximum Gasteiger partial charge on any atom is 0.244 e. The third kappa shape index (κ3) is 3.25. The quantitative estimate of drug-likeness (QED) is 0.362. The van der Waals surface area contributed by atoms with Gasteiger partial charge in [-0.25, -0.2) is 8.42 Å². The molecule has 0 N–H and O–H groups in total. The zero-order chi connectivity index (χ0) is 16.2. The Morgan fingerprint density at radius 2 is 2.09 bits per heavy atom. The SMILES string of the molecule is C#CCN([C@H]1CCC[C@@H]1N=[N+]=[N-])S(=O)(=O)c1ccc(C)cc1. The van der Waals surface area contributed by atoms with Gasteiger partial charge >= 0.3 is 0 Å². The van der Waals surface area contributed by atoms with E-state index in [4.69, 9.17) is 12.0 Å². The van der Waals surface area contributed by atoms with E-state index >= 15 is 0 Å². The second-order valence-corrected chi connectivity index (χ2v) is 7.23. The van der Waals surface area contributed by atoms with Crippen LogP contribution in [0.15, 0.2) is 34.3 Å². The van der Waals surface area contributed by atoms with E-state index in [2.05, 4.69) is 15.9 Å². The van der Waals surface area contributed by atoms with Crippen molar-refractivity contribution in [3.63, 3.8) is 0 Å². The zero-order valence-corrected chi connectivity index (χ0v) is 13.2. The molecule has 116 valence electrons. The van der Waals surface area contributed by atoms with E-state index in [0.717, 1.165) is 12.0 Å². The van der Waals surface area contributed by atoms with Crippen molar-refractivity contribution < 1.29 is 8.42 Å². The van der Waals surface area contributed by atoms with Crippen LogP contribution in [0.5, 0.6) is 0 Å². The standard InChI is InChI=1S/C15H18N4O2S/c1-3-11-19(15-6-4-5-14(15)17-18-16)22(20,21)13-9-7-12(2)8-10-13/h1,7-10,14-15H,4-6,11H2,2H3/t14-,15-/m0/s1. The molecule has 0 heterocycles. The molecule has 0 aliphatic heterocycles. The molecule has 0 saturated heterocycles. The van der Waals surface area contributed by atoms with Gasteiger partial charge in [-0.3, -0.25) is 0 Å². The van der Waals surface area contributed by atoms with Gasteiger partial charge in [0.2, 0.25) is 10.0 Å². The molecule has 1 fully saturated rings. The van der Waals surface area contributed by atoms with Crippen LogP contribution in [-0.4, -0.2) is 31.4 Å². The summed E-state index contributed by atoms with van der Waals surface area (Å²) in [5.41, 5.74) is 9.64. The van der Waals surface area contributed by atoms with Gasteiger partial charge in [0.1, 0.15) is 0 Å². The molecule has 7 heteroatoms. The summed E-state index contributed by atoms with van der Waals surface area (Å²) in [5, 5.41) is 3.74. The van der Waals surface area contributed by atoms with Crippen LogP contribution in [0.2, 0.25) is 0 Å². The molecule has 0 bridgehead atoms. The highest BCUT2D eigenvalue weighted by Crippen LogP contribution is 2.31. The number of benzene rings is 1. The van der Waals surface area contributed by atoms with Gasteiger partial charge in [-0.05, 0) is 37.4 Å². The summed E-state index contributed by atoms with van der Waals surface area (Å²) in [5.74, 6) is 2.41. The molecular formula is C15H18N4O2S. The molecule has 0 amide bonds. The molecule has 1 aliphatic rings. The first-order valence-corrected chi connectivity index (χ1v) is 8.51. The van der Waals surface area contributed by atoms with Crippen LogP contribution < -0.4 is 0 Å². The molecule has 0 spiro atoms. The first-order valence-electron chi connectivity index (χ1n) is 7.07. The molecule has 22 heavy (non-hydrogen) atoms. The lowest BCUT2D eigenvalue weighted by molar-refractivity contribution is 0.326. The van der Waals surface area contributed by atoms with Crippen LogP contribution in [0.25, 0.3) is 10.4 Å². The number of nitrogens with zero attached hydrogens (tertiary/aromatic N) is 4. The Morgan fingerprint density at radius 1 is 1.41 bits per heavy atom. The zero-order valence-electron chi connectivity index (χ0n) is 12.4. The average molecular weight is 318 g/mol.